The van der Waals surface area contributed by atoms with Crippen LogP contribution in [0.5, 0.6) is 5.75 Å². The zero-order valence-corrected chi connectivity index (χ0v) is 16.2. The molecule has 7 nitrogen and oxygen atoms in total. The van der Waals surface area contributed by atoms with Crippen molar-refractivity contribution in [1.29, 1.82) is 0 Å². The van der Waals surface area contributed by atoms with Crippen molar-refractivity contribution in [3.8, 4) is 17.0 Å². The molecule has 4 rings (SSSR count). The first-order chi connectivity index (χ1) is 13.5. The number of hydrogen-bond acceptors (Lipinski definition) is 5. The summed E-state index contributed by atoms with van der Waals surface area (Å²) in [5.74, 6) is -0.493. The summed E-state index contributed by atoms with van der Waals surface area (Å²) in [4.78, 5) is 23.7. The van der Waals surface area contributed by atoms with E-state index in [-0.39, 0.29) is 17.0 Å². The van der Waals surface area contributed by atoms with Crippen molar-refractivity contribution in [2.24, 2.45) is 0 Å². The van der Waals surface area contributed by atoms with E-state index in [1.54, 1.807) is 11.8 Å². The number of carboxylic acids is 1. The molecule has 1 aromatic carbocycles. The molecule has 2 aliphatic heterocycles. The Morgan fingerprint density at radius 3 is 2.89 bits per heavy atom. The fraction of sp³-hybridized carbons (Fsp3) is 0.400. The van der Waals surface area contributed by atoms with Gasteiger partial charge in [-0.3, -0.25) is 9.47 Å². The highest BCUT2D eigenvalue weighted by Crippen LogP contribution is 2.44. The summed E-state index contributed by atoms with van der Waals surface area (Å²) in [6.07, 6.45) is 2.95. The molecule has 2 atom stereocenters. The molecule has 0 amide bonds. The van der Waals surface area contributed by atoms with Crippen LogP contribution in [-0.4, -0.2) is 48.0 Å². The van der Waals surface area contributed by atoms with E-state index in [1.807, 2.05) is 23.2 Å². The number of nitrogens with zero attached hydrogens (tertiary/aromatic N) is 2. The first-order valence-corrected chi connectivity index (χ1v) is 9.62. The highest BCUT2D eigenvalue weighted by molar-refractivity contribution is 6.21. The third-order valence-corrected chi connectivity index (χ3v) is 5.67. The number of benzene rings is 1. The van der Waals surface area contributed by atoms with Crippen molar-refractivity contribution in [3.63, 3.8) is 0 Å². The number of hydrogen-bond donors (Lipinski definition) is 1. The van der Waals surface area contributed by atoms with Crippen LogP contribution in [-0.2, 0) is 4.74 Å². The monoisotopic (exact) mass is 404 g/mol. The molecular weight excluding hydrogens is 384 g/mol. The predicted octanol–water partition coefficient (Wildman–Crippen LogP) is 2.63. The van der Waals surface area contributed by atoms with Crippen LogP contribution in [0, 0.1) is 0 Å². The molecule has 0 aliphatic carbocycles. The van der Waals surface area contributed by atoms with Gasteiger partial charge < -0.3 is 19.6 Å². The quantitative estimate of drug-likeness (QED) is 0.589. The minimum atomic E-state index is -1.23. The van der Waals surface area contributed by atoms with E-state index >= 15 is 0 Å². The number of alkyl halides is 1. The Hall–Kier alpha value is -2.51. The lowest BCUT2D eigenvalue weighted by atomic mass is 9.93. The first kappa shape index (κ1) is 18.8. The molecule has 3 heterocycles. The number of carbonyl (C=O) groups is 1. The Labute approximate surface area is 167 Å². The van der Waals surface area contributed by atoms with Gasteiger partial charge in [-0.25, -0.2) is 4.79 Å². The second-order valence-electron chi connectivity index (χ2n) is 6.94. The smallest absolute Gasteiger partial charge is 0.341 e. The van der Waals surface area contributed by atoms with E-state index in [2.05, 4.69) is 0 Å². The number of ether oxygens (including phenoxy) is 2. The van der Waals surface area contributed by atoms with E-state index in [1.165, 1.54) is 12.3 Å². The largest absolute Gasteiger partial charge is 0.493 e. The molecule has 8 heteroatoms. The highest BCUT2D eigenvalue weighted by Gasteiger charge is 2.40. The predicted molar refractivity (Wildman–Crippen MR) is 105 cm³/mol. The molecule has 1 N–H and O–H groups in total. The molecule has 2 aliphatic rings. The van der Waals surface area contributed by atoms with E-state index in [4.69, 9.17) is 21.1 Å². The molecule has 2 unspecified atom stereocenters. The maximum absolute atomic E-state index is 12.3. The Balaban J connectivity index is 1.78. The fourth-order valence-electron chi connectivity index (χ4n) is 3.94. The molecule has 148 valence electrons. The molecule has 28 heavy (non-hydrogen) atoms. The lowest BCUT2D eigenvalue weighted by molar-refractivity contribution is 0.0694. The van der Waals surface area contributed by atoms with Crippen molar-refractivity contribution in [3.05, 3.63) is 51.8 Å². The van der Waals surface area contributed by atoms with Crippen LogP contribution < -0.4 is 15.2 Å². The van der Waals surface area contributed by atoms with Crippen LogP contribution >= 0.6 is 11.6 Å². The lowest BCUT2D eigenvalue weighted by Gasteiger charge is -2.38. The van der Waals surface area contributed by atoms with Crippen LogP contribution in [0.1, 0.15) is 34.8 Å². The van der Waals surface area contributed by atoms with Crippen LogP contribution in [0.25, 0.3) is 11.3 Å². The minimum absolute atomic E-state index is 0.115. The highest BCUT2D eigenvalue weighted by atomic mass is 35.5. The SMILES string of the molecule is COCCCOc1ccc2c(c1)C1C(Cl)CCN1n1cc(C(=O)O)c(=O)cc1-2. The maximum atomic E-state index is 12.3. The number of pyridine rings is 1. The molecule has 1 aromatic heterocycles. The number of aromatic nitrogens is 1. The minimum Gasteiger partial charge on any atom is -0.493 e. The summed E-state index contributed by atoms with van der Waals surface area (Å²) < 4.78 is 12.6. The van der Waals surface area contributed by atoms with Gasteiger partial charge in [-0.1, -0.05) is 0 Å². The zero-order chi connectivity index (χ0) is 19.8. The Morgan fingerprint density at radius 2 is 2.14 bits per heavy atom. The van der Waals surface area contributed by atoms with Gasteiger partial charge >= 0.3 is 5.97 Å². The third kappa shape index (κ3) is 3.14. The number of fused-ring (bicyclic) bond motifs is 6. The van der Waals surface area contributed by atoms with Gasteiger partial charge in [-0.2, -0.15) is 0 Å². The number of halogens is 1. The topological polar surface area (TPSA) is 81.0 Å². The summed E-state index contributed by atoms with van der Waals surface area (Å²) in [6, 6.07) is 7.01. The molecule has 0 radical (unpaired) electrons. The van der Waals surface area contributed by atoms with Crippen molar-refractivity contribution in [2.45, 2.75) is 24.3 Å². The van der Waals surface area contributed by atoms with E-state index in [0.717, 1.165) is 29.7 Å². The fourth-order valence-corrected chi connectivity index (χ4v) is 4.30. The van der Waals surface area contributed by atoms with E-state index in [0.29, 0.717) is 25.5 Å². The molecule has 1 fully saturated rings. The Bertz CT molecular complexity index is 974. The summed E-state index contributed by atoms with van der Waals surface area (Å²) >= 11 is 6.62. The first-order valence-electron chi connectivity index (χ1n) is 9.18. The second kappa shape index (κ2) is 7.48. The zero-order valence-electron chi connectivity index (χ0n) is 15.4. The number of aromatic carboxylic acids is 1. The van der Waals surface area contributed by atoms with Crippen LogP contribution in [0.3, 0.4) is 0 Å². The number of rotatable bonds is 6. The van der Waals surface area contributed by atoms with Crippen LogP contribution in [0.15, 0.2) is 35.3 Å². The number of methoxy groups -OCH3 is 1. The van der Waals surface area contributed by atoms with Gasteiger partial charge in [0.15, 0.2) is 5.43 Å². The van der Waals surface area contributed by atoms with Gasteiger partial charge in [0.2, 0.25) is 0 Å². The van der Waals surface area contributed by atoms with Crippen molar-refractivity contribution < 1.29 is 19.4 Å². The normalized spacial score (nSPS) is 19.7. The molecule has 0 saturated carbocycles. The van der Waals surface area contributed by atoms with Gasteiger partial charge in [-0.15, -0.1) is 11.6 Å². The van der Waals surface area contributed by atoms with Crippen molar-refractivity contribution in [2.75, 3.05) is 31.9 Å². The van der Waals surface area contributed by atoms with Gasteiger partial charge in [0.1, 0.15) is 11.3 Å². The summed E-state index contributed by atoms with van der Waals surface area (Å²) in [7, 11) is 1.66. The Morgan fingerprint density at radius 1 is 1.32 bits per heavy atom. The molecule has 1 saturated heterocycles. The van der Waals surface area contributed by atoms with Crippen LogP contribution in [0.2, 0.25) is 0 Å². The van der Waals surface area contributed by atoms with Crippen LogP contribution in [0.4, 0.5) is 0 Å². The molecule has 0 bridgehead atoms. The molecule has 2 aromatic rings. The molecular formula is C20H21ClN2O5. The average molecular weight is 405 g/mol. The third-order valence-electron chi connectivity index (χ3n) is 5.22. The lowest BCUT2D eigenvalue weighted by Crippen LogP contribution is -2.41. The van der Waals surface area contributed by atoms with Gasteiger partial charge in [0.05, 0.1) is 23.7 Å². The second-order valence-corrected chi connectivity index (χ2v) is 7.50. The summed E-state index contributed by atoms with van der Waals surface area (Å²) in [5, 5.41) is 11.2. The van der Waals surface area contributed by atoms with Gasteiger partial charge in [-0.05, 0) is 30.2 Å². The van der Waals surface area contributed by atoms with E-state index in [9.17, 15) is 14.7 Å². The maximum Gasteiger partial charge on any atom is 0.341 e. The van der Waals surface area contributed by atoms with Crippen molar-refractivity contribution >= 4 is 17.6 Å². The number of carboxylic acid groups (broad SMARTS) is 1. The average Bonchev–Trinajstić information content (AvgIpc) is 3.06. The van der Waals surface area contributed by atoms with Crippen molar-refractivity contribution in [1.82, 2.24) is 4.68 Å². The van der Waals surface area contributed by atoms with Gasteiger partial charge in [0, 0.05) is 44.5 Å². The summed E-state index contributed by atoms with van der Waals surface area (Å²) in [5.41, 5.74) is 1.76. The van der Waals surface area contributed by atoms with E-state index < -0.39 is 11.4 Å². The van der Waals surface area contributed by atoms with Gasteiger partial charge in [0.25, 0.3) is 0 Å². The standard InChI is InChI=1S/C20H21ClN2O5/c1-27-7-2-8-28-12-3-4-13-14(9-12)19-16(21)5-6-22(19)23-11-15(20(25)26)18(24)10-17(13)23/h3-4,9-11,16,19H,2,5-8H2,1H3,(H,25,26). The molecule has 0 spiro atoms. The summed E-state index contributed by atoms with van der Waals surface area (Å²) in [6.45, 7) is 1.85. The Kier molecular flexibility index (Phi) is 5.03.